The van der Waals surface area contributed by atoms with Crippen LogP contribution < -0.4 is 32.7 Å². The largest absolute Gasteiger partial charge is 0.481 e. The summed E-state index contributed by atoms with van der Waals surface area (Å²) in [6, 6.07) is 9.74. The molecule has 3 unspecified atom stereocenters. The second-order valence-corrected chi connectivity index (χ2v) is 20.4. The number of primary amides is 1. The number of nitrogens with one attached hydrogen (secondary N) is 4. The lowest BCUT2D eigenvalue weighted by Crippen LogP contribution is -2.60. The van der Waals surface area contributed by atoms with Crippen LogP contribution in [0.2, 0.25) is 0 Å². The van der Waals surface area contributed by atoms with Gasteiger partial charge < -0.3 is 57.6 Å². The van der Waals surface area contributed by atoms with Gasteiger partial charge in [-0.05, 0) is 113 Å². The van der Waals surface area contributed by atoms with Crippen LogP contribution in [0, 0.1) is 24.6 Å². The van der Waals surface area contributed by atoms with E-state index in [0.717, 1.165) is 42.4 Å². The third-order valence-electron chi connectivity index (χ3n) is 13.7. The lowest BCUT2D eigenvalue weighted by Gasteiger charge is -2.41. The molecule has 3 atom stereocenters. The molecule has 18 nitrogen and oxygen atoms in total. The number of hydrogen-bond acceptors (Lipinski definition) is 8. The molecule has 10 N–H and O–H groups in total. The van der Waals surface area contributed by atoms with Crippen molar-refractivity contribution in [3.05, 3.63) is 71.0 Å². The lowest BCUT2D eigenvalue weighted by molar-refractivity contribution is -0.138. The summed E-state index contributed by atoms with van der Waals surface area (Å²) in [7, 11) is 0. The number of nitrogens with zero attached hydrogens (tertiary/aromatic N) is 3. The van der Waals surface area contributed by atoms with Crippen molar-refractivity contribution >= 4 is 41.8 Å². The van der Waals surface area contributed by atoms with Gasteiger partial charge in [-0.25, -0.2) is 18.8 Å². The number of carbonyl (C=O) groups excluding carboxylic acids is 5. The van der Waals surface area contributed by atoms with Crippen LogP contribution in [0.25, 0.3) is 0 Å². The molecule has 414 valence electrons. The summed E-state index contributed by atoms with van der Waals surface area (Å²) < 4.78 is 13.6. The molecule has 0 spiro atoms. The number of carbonyl (C=O) groups is 7. The first-order chi connectivity index (χ1) is 35.4. The number of halogens is 1. The van der Waals surface area contributed by atoms with Crippen molar-refractivity contribution in [1.82, 2.24) is 36.0 Å². The van der Waals surface area contributed by atoms with E-state index in [2.05, 4.69) is 21.3 Å². The van der Waals surface area contributed by atoms with Crippen molar-refractivity contribution in [3.63, 3.8) is 0 Å². The highest BCUT2D eigenvalue weighted by Gasteiger charge is 2.35. The quantitative estimate of drug-likeness (QED) is 0.0321. The van der Waals surface area contributed by atoms with Crippen LogP contribution >= 0.6 is 0 Å². The molecule has 0 radical (unpaired) electrons. The van der Waals surface area contributed by atoms with Crippen LogP contribution in [0.5, 0.6) is 0 Å². The average molecular weight is 1040 g/mol. The van der Waals surface area contributed by atoms with Crippen molar-refractivity contribution in [3.8, 4) is 0 Å². The molecule has 2 aromatic rings. The van der Waals surface area contributed by atoms with Crippen LogP contribution in [0.1, 0.15) is 146 Å². The van der Waals surface area contributed by atoms with Crippen LogP contribution in [0.15, 0.2) is 48.5 Å². The zero-order chi connectivity index (χ0) is 54.3. The number of unbranched alkanes of at least 4 members (excludes halogenated alkanes) is 1. The lowest BCUT2D eigenvalue weighted by atomic mass is 9.86. The van der Waals surface area contributed by atoms with Gasteiger partial charge in [0.05, 0.1) is 12.1 Å². The second kappa shape index (κ2) is 35.3. The highest BCUT2D eigenvalue weighted by atomic mass is 19.1. The Bertz CT molecular complexity index is 2000. The number of nitrogens with two attached hydrogens (primary N) is 2. The number of carboxylic acids is 2. The van der Waals surface area contributed by atoms with Crippen molar-refractivity contribution in [2.75, 3.05) is 52.4 Å². The molecule has 74 heavy (non-hydrogen) atoms. The Morgan fingerprint density at radius 3 is 1.86 bits per heavy atom. The molecular formula is C55H88FN9O9. The zero-order valence-corrected chi connectivity index (χ0v) is 44.4. The maximum Gasteiger partial charge on any atom is 0.317 e. The average Bonchev–Trinajstić information content (AvgIpc) is 3.36. The number of aryl methyl sites for hydroxylation is 2. The zero-order valence-electron chi connectivity index (χ0n) is 44.4. The fraction of sp³-hybridized carbons (Fsp3) is 0.655. The maximum atomic E-state index is 14.9. The van der Waals surface area contributed by atoms with E-state index < -0.39 is 60.5 Å². The van der Waals surface area contributed by atoms with Crippen LogP contribution in [-0.4, -0.2) is 137 Å². The van der Waals surface area contributed by atoms with E-state index >= 15 is 0 Å². The normalized spacial score (nSPS) is 13.8. The molecule has 2 aromatic carbocycles. The highest BCUT2D eigenvalue weighted by Crippen LogP contribution is 2.27. The topological polar surface area (TPSA) is 270 Å². The summed E-state index contributed by atoms with van der Waals surface area (Å²) in [5, 5.41) is 32.0. The number of aliphatic carboxylic acids is 2. The van der Waals surface area contributed by atoms with Gasteiger partial charge in [-0.15, -0.1) is 0 Å². The van der Waals surface area contributed by atoms with E-state index in [4.69, 9.17) is 11.5 Å². The molecule has 1 aliphatic rings. The summed E-state index contributed by atoms with van der Waals surface area (Å²) in [5.41, 5.74) is 14.5. The first kappa shape index (κ1) is 62.3. The Kier molecular flexibility index (Phi) is 29.7. The Balaban J connectivity index is 2.11. The number of amides is 8. The maximum absolute atomic E-state index is 14.9. The van der Waals surface area contributed by atoms with Crippen LogP contribution in [0.3, 0.4) is 0 Å². The molecule has 1 fully saturated rings. The summed E-state index contributed by atoms with van der Waals surface area (Å²) in [6.07, 6.45) is 10.2. The van der Waals surface area contributed by atoms with Gasteiger partial charge in [0.15, 0.2) is 0 Å². The molecule has 8 amide bonds. The van der Waals surface area contributed by atoms with E-state index in [1.807, 2.05) is 45.0 Å². The van der Waals surface area contributed by atoms with Gasteiger partial charge in [0.25, 0.3) is 0 Å². The van der Waals surface area contributed by atoms with E-state index in [1.54, 1.807) is 17.0 Å². The number of carboxylic acid groups (broad SMARTS) is 2. The summed E-state index contributed by atoms with van der Waals surface area (Å²) in [4.78, 5) is 98.3. The van der Waals surface area contributed by atoms with Crippen molar-refractivity contribution < 1.29 is 48.2 Å². The first-order valence-electron chi connectivity index (χ1n) is 27.1. The Hall–Kier alpha value is -5.98. The summed E-state index contributed by atoms with van der Waals surface area (Å²) in [6.45, 7) is 6.44. The number of hydrogen-bond donors (Lipinski definition) is 8. The Morgan fingerprint density at radius 1 is 0.649 bits per heavy atom. The molecule has 3 rings (SSSR count). The minimum absolute atomic E-state index is 0.0159. The number of urea groups is 3. The molecule has 19 heteroatoms. The standard InChI is InChI=1S/C55H88FN9O9/c1-40(2)16-27-50(67)62-46(25-28-51(68)69)37-64(54(73)60-34-9-13-42-11-5-4-6-12-42)47(15-7-8-32-57)39-65(55(74)61-35-30-44-19-17-41(3)18-20-44)48(26-29-52(70)71)38-63(36-31-49(58)66)53(72)59-33-10-14-43-21-23-45(56)24-22-43/h17-24,40,42,46-48H,4-16,25-39,57H2,1-3H3,(H2,58,66)(H,59,72)(H,60,73)(H,61,74)(H,62,67)(H,68,69)(H,70,71). The Morgan fingerprint density at radius 2 is 1.23 bits per heavy atom. The third kappa shape index (κ3) is 26.3. The molecule has 0 aromatic heterocycles. The fourth-order valence-corrected chi connectivity index (χ4v) is 9.35. The summed E-state index contributed by atoms with van der Waals surface area (Å²) >= 11 is 0. The Labute approximate surface area is 438 Å². The first-order valence-corrected chi connectivity index (χ1v) is 27.1. The molecule has 1 saturated carbocycles. The van der Waals surface area contributed by atoms with Gasteiger partial charge >= 0.3 is 30.0 Å². The number of benzene rings is 2. The van der Waals surface area contributed by atoms with E-state index in [-0.39, 0.29) is 89.0 Å². The number of rotatable bonds is 36. The van der Waals surface area contributed by atoms with E-state index in [1.165, 1.54) is 41.2 Å². The molecule has 1 aliphatic carbocycles. The molecular weight excluding hydrogens is 950 g/mol. The molecule has 0 saturated heterocycles. The van der Waals surface area contributed by atoms with Gasteiger partial charge in [-0.1, -0.05) is 94.3 Å². The van der Waals surface area contributed by atoms with Gasteiger partial charge in [-0.3, -0.25) is 19.2 Å². The second-order valence-electron chi connectivity index (χ2n) is 20.4. The van der Waals surface area contributed by atoms with Crippen molar-refractivity contribution in [2.24, 2.45) is 23.3 Å². The SMILES string of the molecule is Cc1ccc(CCNC(=O)N(CC(CCCCN)N(CC(CCC(=O)O)NC(=O)CCC(C)C)C(=O)NCCCC2CCCCC2)C(CCC(=O)O)CN(CCC(N)=O)C(=O)NCCCc2ccc(F)cc2)cc1. The minimum Gasteiger partial charge on any atom is -0.481 e. The third-order valence-corrected chi connectivity index (χ3v) is 13.7. The molecule has 0 bridgehead atoms. The van der Waals surface area contributed by atoms with E-state index in [0.29, 0.717) is 64.0 Å². The molecule has 0 aliphatic heterocycles. The van der Waals surface area contributed by atoms with Gasteiger partial charge in [0.1, 0.15) is 5.82 Å². The van der Waals surface area contributed by atoms with Crippen LogP contribution in [-0.2, 0) is 32.0 Å². The van der Waals surface area contributed by atoms with Crippen molar-refractivity contribution in [2.45, 2.75) is 167 Å². The summed E-state index contributed by atoms with van der Waals surface area (Å²) in [5.74, 6) is -2.74. The van der Waals surface area contributed by atoms with Gasteiger partial charge in [0, 0.05) is 77.5 Å². The van der Waals surface area contributed by atoms with Gasteiger partial charge in [-0.2, -0.15) is 0 Å². The highest BCUT2D eigenvalue weighted by molar-refractivity contribution is 5.79. The monoisotopic (exact) mass is 1040 g/mol. The predicted molar refractivity (Wildman–Crippen MR) is 285 cm³/mol. The van der Waals surface area contributed by atoms with Crippen molar-refractivity contribution in [1.29, 1.82) is 0 Å². The van der Waals surface area contributed by atoms with Gasteiger partial charge in [0.2, 0.25) is 11.8 Å². The minimum atomic E-state index is -1.15. The fourth-order valence-electron chi connectivity index (χ4n) is 9.35. The van der Waals surface area contributed by atoms with E-state index in [9.17, 15) is 48.2 Å². The molecule has 0 heterocycles. The van der Waals surface area contributed by atoms with Crippen LogP contribution in [0.4, 0.5) is 18.8 Å². The smallest absolute Gasteiger partial charge is 0.317 e. The predicted octanol–water partition coefficient (Wildman–Crippen LogP) is 7.10.